The number of nitrogens with zero attached hydrogens (tertiary/aromatic N) is 1. The fourth-order valence-corrected chi connectivity index (χ4v) is 3.24. The van der Waals surface area contributed by atoms with Gasteiger partial charge in [-0.1, -0.05) is 18.5 Å². The van der Waals surface area contributed by atoms with E-state index in [1.807, 2.05) is 6.07 Å². The van der Waals surface area contributed by atoms with Crippen LogP contribution in [0.4, 0.5) is 0 Å². The summed E-state index contributed by atoms with van der Waals surface area (Å²) in [6.07, 6.45) is 1.38. The van der Waals surface area contributed by atoms with Gasteiger partial charge in [-0.15, -0.1) is 11.3 Å². The second-order valence-corrected chi connectivity index (χ2v) is 6.35. The summed E-state index contributed by atoms with van der Waals surface area (Å²) in [4.78, 5) is 3.78. The molecule has 0 aliphatic carbocycles. The first-order chi connectivity index (χ1) is 8.78. The number of likely N-dealkylation sites (N-methyl/N-ethyl adjacent to an activating group) is 1. The molecule has 1 aromatic rings. The molecule has 18 heavy (non-hydrogen) atoms. The summed E-state index contributed by atoms with van der Waals surface area (Å²) in [5, 5.41) is 3.47. The van der Waals surface area contributed by atoms with E-state index < -0.39 is 0 Å². The van der Waals surface area contributed by atoms with Gasteiger partial charge in [0.1, 0.15) is 0 Å². The van der Waals surface area contributed by atoms with E-state index in [1.165, 1.54) is 4.88 Å². The Bertz CT molecular complexity index is 359. The molecule has 1 unspecified atom stereocenters. The van der Waals surface area contributed by atoms with Gasteiger partial charge in [-0.3, -0.25) is 4.90 Å². The molecule has 0 radical (unpaired) electrons. The highest BCUT2D eigenvalue weighted by Gasteiger charge is 2.18. The molecule has 1 aliphatic heterocycles. The number of rotatable bonds is 6. The van der Waals surface area contributed by atoms with Gasteiger partial charge < -0.3 is 10.1 Å². The molecule has 5 heteroatoms. The van der Waals surface area contributed by atoms with Crippen molar-refractivity contribution < 1.29 is 4.74 Å². The minimum atomic E-state index is 0.339. The van der Waals surface area contributed by atoms with Crippen molar-refractivity contribution in [3.05, 3.63) is 21.3 Å². The number of halogens is 1. The van der Waals surface area contributed by atoms with E-state index in [-0.39, 0.29) is 0 Å². The van der Waals surface area contributed by atoms with E-state index in [2.05, 4.69) is 23.2 Å². The standard InChI is InChI=1S/C13H21ClN2OS/c1-2-16-7-8-17-11(10-16)9-15-6-5-12-3-4-13(14)18-12/h3-4,11,15H,2,5-10H2,1H3. The summed E-state index contributed by atoms with van der Waals surface area (Å²) < 4.78 is 6.62. The summed E-state index contributed by atoms with van der Waals surface area (Å²) in [5.74, 6) is 0. The van der Waals surface area contributed by atoms with Gasteiger partial charge in [0.2, 0.25) is 0 Å². The first-order valence-corrected chi connectivity index (χ1v) is 7.76. The first kappa shape index (κ1) is 14.3. The number of hydrogen-bond acceptors (Lipinski definition) is 4. The van der Waals surface area contributed by atoms with Crippen LogP contribution in [0.2, 0.25) is 4.34 Å². The van der Waals surface area contributed by atoms with Crippen molar-refractivity contribution in [2.24, 2.45) is 0 Å². The van der Waals surface area contributed by atoms with Crippen molar-refractivity contribution >= 4 is 22.9 Å². The lowest BCUT2D eigenvalue weighted by atomic mass is 10.2. The Morgan fingerprint density at radius 2 is 2.44 bits per heavy atom. The van der Waals surface area contributed by atoms with E-state index in [0.717, 1.165) is 50.1 Å². The highest BCUT2D eigenvalue weighted by Crippen LogP contribution is 2.21. The van der Waals surface area contributed by atoms with Crippen molar-refractivity contribution in [1.82, 2.24) is 10.2 Å². The molecule has 1 saturated heterocycles. The lowest BCUT2D eigenvalue weighted by molar-refractivity contribution is -0.0251. The highest BCUT2D eigenvalue weighted by atomic mass is 35.5. The highest BCUT2D eigenvalue weighted by molar-refractivity contribution is 7.16. The van der Waals surface area contributed by atoms with Crippen LogP contribution < -0.4 is 5.32 Å². The summed E-state index contributed by atoms with van der Waals surface area (Å²) in [6, 6.07) is 4.07. The summed E-state index contributed by atoms with van der Waals surface area (Å²) in [5.41, 5.74) is 0. The van der Waals surface area contributed by atoms with Gasteiger partial charge in [-0.2, -0.15) is 0 Å². The first-order valence-electron chi connectivity index (χ1n) is 6.57. The molecule has 0 spiro atoms. The third-order valence-electron chi connectivity index (χ3n) is 3.22. The molecular weight excluding hydrogens is 268 g/mol. The lowest BCUT2D eigenvalue weighted by Crippen LogP contribution is -2.46. The zero-order valence-corrected chi connectivity index (χ0v) is 12.4. The summed E-state index contributed by atoms with van der Waals surface area (Å²) in [6.45, 7) is 8.23. The minimum absolute atomic E-state index is 0.339. The number of morpholine rings is 1. The van der Waals surface area contributed by atoms with Crippen molar-refractivity contribution in [2.45, 2.75) is 19.4 Å². The second kappa shape index (κ2) is 7.46. The van der Waals surface area contributed by atoms with Gasteiger partial charge in [-0.25, -0.2) is 0 Å². The molecule has 2 heterocycles. The summed E-state index contributed by atoms with van der Waals surface area (Å²) in [7, 11) is 0. The van der Waals surface area contributed by atoms with Gasteiger partial charge in [0.25, 0.3) is 0 Å². The third-order valence-corrected chi connectivity index (χ3v) is 4.51. The van der Waals surface area contributed by atoms with Crippen LogP contribution in [0.3, 0.4) is 0 Å². The molecular formula is C13H21ClN2OS. The fourth-order valence-electron chi connectivity index (χ4n) is 2.15. The van der Waals surface area contributed by atoms with Crippen LogP contribution in [-0.4, -0.2) is 50.3 Å². The van der Waals surface area contributed by atoms with E-state index in [9.17, 15) is 0 Å². The Morgan fingerprint density at radius 1 is 1.56 bits per heavy atom. The molecule has 1 N–H and O–H groups in total. The van der Waals surface area contributed by atoms with E-state index in [1.54, 1.807) is 11.3 Å². The quantitative estimate of drug-likeness (QED) is 0.813. The molecule has 0 saturated carbocycles. The van der Waals surface area contributed by atoms with Gasteiger partial charge in [0.15, 0.2) is 0 Å². The second-order valence-electron chi connectivity index (χ2n) is 4.55. The predicted molar refractivity (Wildman–Crippen MR) is 77.8 cm³/mol. The van der Waals surface area contributed by atoms with Crippen molar-refractivity contribution in [3.8, 4) is 0 Å². The van der Waals surface area contributed by atoms with Crippen molar-refractivity contribution in [2.75, 3.05) is 39.3 Å². The van der Waals surface area contributed by atoms with E-state index in [0.29, 0.717) is 6.10 Å². The van der Waals surface area contributed by atoms with Gasteiger partial charge in [0.05, 0.1) is 17.0 Å². The number of ether oxygens (including phenoxy) is 1. The maximum absolute atomic E-state index is 5.90. The third kappa shape index (κ3) is 4.52. The zero-order valence-electron chi connectivity index (χ0n) is 10.8. The molecule has 0 amide bonds. The van der Waals surface area contributed by atoms with Gasteiger partial charge >= 0.3 is 0 Å². The van der Waals surface area contributed by atoms with Gasteiger partial charge in [-0.05, 0) is 25.1 Å². The summed E-state index contributed by atoms with van der Waals surface area (Å²) >= 11 is 7.56. The molecule has 1 fully saturated rings. The largest absolute Gasteiger partial charge is 0.374 e. The average Bonchev–Trinajstić information content (AvgIpc) is 2.81. The molecule has 2 rings (SSSR count). The Hall–Kier alpha value is -0.130. The van der Waals surface area contributed by atoms with Crippen LogP contribution in [0.5, 0.6) is 0 Å². The van der Waals surface area contributed by atoms with E-state index >= 15 is 0 Å². The molecule has 1 aliphatic rings. The normalized spacial score (nSPS) is 21.3. The average molecular weight is 289 g/mol. The monoisotopic (exact) mass is 288 g/mol. The number of hydrogen-bond donors (Lipinski definition) is 1. The van der Waals surface area contributed by atoms with Crippen LogP contribution in [0.25, 0.3) is 0 Å². The predicted octanol–water partition coefficient (Wildman–Crippen LogP) is 2.25. The maximum Gasteiger partial charge on any atom is 0.0931 e. The Labute approximate surface area is 118 Å². The molecule has 102 valence electrons. The van der Waals surface area contributed by atoms with Crippen LogP contribution in [0.1, 0.15) is 11.8 Å². The van der Waals surface area contributed by atoms with Crippen LogP contribution in [0, 0.1) is 0 Å². The Kier molecular flexibility index (Phi) is 5.92. The zero-order chi connectivity index (χ0) is 12.8. The fraction of sp³-hybridized carbons (Fsp3) is 0.692. The topological polar surface area (TPSA) is 24.5 Å². The molecule has 1 aromatic heterocycles. The van der Waals surface area contributed by atoms with Crippen LogP contribution in [0.15, 0.2) is 12.1 Å². The number of nitrogens with one attached hydrogen (secondary N) is 1. The minimum Gasteiger partial charge on any atom is -0.374 e. The maximum atomic E-state index is 5.90. The van der Waals surface area contributed by atoms with Crippen molar-refractivity contribution in [1.29, 1.82) is 0 Å². The van der Waals surface area contributed by atoms with E-state index in [4.69, 9.17) is 16.3 Å². The Morgan fingerprint density at radius 3 is 3.17 bits per heavy atom. The lowest BCUT2D eigenvalue weighted by Gasteiger charge is -2.32. The molecule has 0 aromatic carbocycles. The number of thiophene rings is 1. The SMILES string of the molecule is CCN1CCOC(CNCCc2ccc(Cl)s2)C1. The van der Waals surface area contributed by atoms with Gasteiger partial charge in [0, 0.05) is 31.1 Å². The Balaban J connectivity index is 1.60. The molecule has 0 bridgehead atoms. The molecule has 1 atom stereocenters. The van der Waals surface area contributed by atoms with Crippen LogP contribution in [-0.2, 0) is 11.2 Å². The molecule has 3 nitrogen and oxygen atoms in total. The smallest absolute Gasteiger partial charge is 0.0931 e. The van der Waals surface area contributed by atoms with Crippen molar-refractivity contribution in [3.63, 3.8) is 0 Å². The van der Waals surface area contributed by atoms with Crippen LogP contribution >= 0.6 is 22.9 Å².